The van der Waals surface area contributed by atoms with Gasteiger partial charge in [0.25, 0.3) is 0 Å². The number of carbonyl (C=O) groups excluding carboxylic acids is 2. The summed E-state index contributed by atoms with van der Waals surface area (Å²) in [6.07, 6.45) is 0.755. The summed E-state index contributed by atoms with van der Waals surface area (Å²) < 4.78 is 0. The maximum absolute atomic E-state index is 12.3. The molecule has 1 saturated carbocycles. The van der Waals surface area contributed by atoms with Crippen LogP contribution in [0.5, 0.6) is 0 Å². The van der Waals surface area contributed by atoms with Gasteiger partial charge < -0.3 is 15.3 Å². The van der Waals surface area contributed by atoms with Crippen molar-refractivity contribution in [1.82, 2.24) is 0 Å². The second-order valence-electron chi connectivity index (χ2n) is 6.90. The second-order valence-corrected chi connectivity index (χ2v) is 7.34. The van der Waals surface area contributed by atoms with Crippen molar-refractivity contribution in [2.45, 2.75) is 19.4 Å². The first-order valence-electron chi connectivity index (χ1n) is 8.64. The Labute approximate surface area is 160 Å². The third-order valence-corrected chi connectivity index (χ3v) is 5.22. The highest BCUT2D eigenvalue weighted by molar-refractivity contribution is 6.31. The molecule has 138 valence electrons. The molecule has 2 aromatic rings. The fourth-order valence-electron chi connectivity index (χ4n) is 3.37. The zero-order valence-electron chi connectivity index (χ0n) is 14.3. The molecule has 7 heteroatoms. The molecule has 0 aromatic heterocycles. The van der Waals surface area contributed by atoms with Gasteiger partial charge in [-0.25, -0.2) is 0 Å². The Morgan fingerprint density at radius 3 is 2.56 bits per heavy atom. The Morgan fingerprint density at radius 2 is 1.89 bits per heavy atom. The van der Waals surface area contributed by atoms with Gasteiger partial charge in [0.05, 0.1) is 24.8 Å². The average molecular weight is 385 g/mol. The molecule has 4 rings (SSSR count). The number of aliphatic carboxylic acids is 1. The van der Waals surface area contributed by atoms with Gasteiger partial charge in [-0.05, 0) is 41.8 Å². The first kappa shape index (κ1) is 17.5. The Morgan fingerprint density at radius 1 is 1.15 bits per heavy atom. The number of benzene rings is 2. The van der Waals surface area contributed by atoms with E-state index in [-0.39, 0.29) is 11.8 Å². The third kappa shape index (κ3) is 3.53. The molecular formula is C20H17ClN2O4. The maximum atomic E-state index is 12.3. The number of carboxylic acids is 1. The smallest absolute Gasteiger partial charge is 0.307 e. The summed E-state index contributed by atoms with van der Waals surface area (Å²) in [5, 5.41) is 12.2. The van der Waals surface area contributed by atoms with Crippen molar-refractivity contribution in [3.05, 3.63) is 58.6 Å². The molecule has 0 bridgehead atoms. The zero-order chi connectivity index (χ0) is 19.1. The molecule has 2 atom stereocenters. The minimum absolute atomic E-state index is 0.0260. The van der Waals surface area contributed by atoms with Crippen molar-refractivity contribution < 1.29 is 19.5 Å². The monoisotopic (exact) mass is 384 g/mol. The van der Waals surface area contributed by atoms with Crippen LogP contribution in [0.15, 0.2) is 42.5 Å². The summed E-state index contributed by atoms with van der Waals surface area (Å²) in [6, 6.07) is 12.6. The molecular weight excluding hydrogens is 368 g/mol. The molecule has 0 saturated heterocycles. The molecule has 1 aliphatic carbocycles. The fraction of sp³-hybridized carbons (Fsp3) is 0.250. The molecule has 1 aliphatic heterocycles. The number of carboxylic acid groups (broad SMARTS) is 1. The average Bonchev–Trinajstić information content (AvgIpc) is 3.38. The van der Waals surface area contributed by atoms with Crippen LogP contribution in [-0.4, -0.2) is 22.9 Å². The van der Waals surface area contributed by atoms with Crippen molar-refractivity contribution >= 4 is 40.8 Å². The van der Waals surface area contributed by atoms with Gasteiger partial charge in [0.15, 0.2) is 0 Å². The van der Waals surface area contributed by atoms with Gasteiger partial charge in [-0.3, -0.25) is 14.4 Å². The topological polar surface area (TPSA) is 86.7 Å². The Balaban J connectivity index is 1.42. The van der Waals surface area contributed by atoms with Crippen LogP contribution in [0.4, 0.5) is 11.4 Å². The number of hydrogen-bond donors (Lipinski definition) is 2. The van der Waals surface area contributed by atoms with E-state index in [4.69, 9.17) is 16.7 Å². The molecule has 2 aromatic carbocycles. The Hall–Kier alpha value is -2.86. The van der Waals surface area contributed by atoms with Crippen LogP contribution in [0.2, 0.25) is 5.02 Å². The van der Waals surface area contributed by atoms with Crippen LogP contribution >= 0.6 is 11.6 Å². The number of nitrogens with zero attached hydrogens (tertiary/aromatic N) is 1. The lowest BCUT2D eigenvalue weighted by atomic mass is 10.1. The summed E-state index contributed by atoms with van der Waals surface area (Å²) in [4.78, 5) is 36.9. The minimum atomic E-state index is -0.929. The normalized spacial score (nSPS) is 20.3. The molecule has 27 heavy (non-hydrogen) atoms. The predicted octanol–water partition coefficient (Wildman–Crippen LogP) is 3.09. The molecule has 1 heterocycles. The predicted molar refractivity (Wildman–Crippen MR) is 101 cm³/mol. The Kier molecular flexibility index (Phi) is 4.36. The highest BCUT2D eigenvalue weighted by Gasteiger charge is 2.48. The number of amides is 2. The number of fused-ring (bicyclic) bond motifs is 1. The van der Waals surface area contributed by atoms with Crippen LogP contribution < -0.4 is 10.2 Å². The van der Waals surface area contributed by atoms with E-state index in [0.29, 0.717) is 30.1 Å². The van der Waals surface area contributed by atoms with Gasteiger partial charge in [-0.15, -0.1) is 0 Å². The molecule has 2 aliphatic rings. The lowest BCUT2D eigenvalue weighted by Crippen LogP contribution is -2.26. The van der Waals surface area contributed by atoms with E-state index in [1.54, 1.807) is 29.2 Å². The van der Waals surface area contributed by atoms with E-state index < -0.39 is 17.8 Å². The summed E-state index contributed by atoms with van der Waals surface area (Å²) in [5.41, 5.74) is 3.32. The molecule has 2 amide bonds. The third-order valence-electron chi connectivity index (χ3n) is 4.99. The second kappa shape index (κ2) is 6.70. The van der Waals surface area contributed by atoms with Gasteiger partial charge in [-0.2, -0.15) is 0 Å². The van der Waals surface area contributed by atoms with Crippen molar-refractivity contribution in [2.24, 2.45) is 11.8 Å². The van der Waals surface area contributed by atoms with E-state index in [9.17, 15) is 14.4 Å². The number of hydrogen-bond acceptors (Lipinski definition) is 3. The van der Waals surface area contributed by atoms with Gasteiger partial charge >= 0.3 is 5.97 Å². The van der Waals surface area contributed by atoms with E-state index in [2.05, 4.69) is 5.32 Å². The Bertz CT molecular complexity index is 941. The van der Waals surface area contributed by atoms with E-state index in [1.165, 1.54) is 0 Å². The number of rotatable bonds is 5. The number of carbonyl (C=O) groups is 3. The van der Waals surface area contributed by atoms with Crippen molar-refractivity contribution in [1.29, 1.82) is 0 Å². The number of nitrogens with one attached hydrogen (secondary N) is 1. The fourth-order valence-corrected chi connectivity index (χ4v) is 3.54. The molecule has 2 unspecified atom stereocenters. The zero-order valence-corrected chi connectivity index (χ0v) is 15.1. The van der Waals surface area contributed by atoms with Gasteiger partial charge in [-0.1, -0.05) is 29.8 Å². The standard InChI is InChI=1S/C20H17ClN2O4/c21-13-4-3-12-7-18(24)23(17(12)8-13)10-11-1-5-14(6-2-11)22-19(25)15-9-16(15)20(26)27/h1-6,8,15-16H,7,9-10H2,(H,22,25)(H,26,27). The molecule has 0 spiro atoms. The van der Waals surface area contributed by atoms with Gasteiger partial charge in [0.2, 0.25) is 11.8 Å². The van der Waals surface area contributed by atoms with E-state index in [1.807, 2.05) is 18.2 Å². The van der Waals surface area contributed by atoms with Crippen molar-refractivity contribution in [2.75, 3.05) is 10.2 Å². The van der Waals surface area contributed by atoms with Crippen LogP contribution in [0.3, 0.4) is 0 Å². The quantitative estimate of drug-likeness (QED) is 0.829. The first-order chi connectivity index (χ1) is 12.9. The number of halogens is 1. The maximum Gasteiger partial charge on any atom is 0.307 e. The molecule has 2 N–H and O–H groups in total. The van der Waals surface area contributed by atoms with Crippen LogP contribution in [0.1, 0.15) is 17.5 Å². The summed E-state index contributed by atoms with van der Waals surface area (Å²) in [7, 11) is 0. The SMILES string of the molecule is O=C(O)C1CC1C(=O)Nc1ccc(CN2C(=O)Cc3ccc(Cl)cc32)cc1. The van der Waals surface area contributed by atoms with Crippen molar-refractivity contribution in [3.8, 4) is 0 Å². The van der Waals surface area contributed by atoms with Gasteiger partial charge in [0.1, 0.15) is 0 Å². The van der Waals surface area contributed by atoms with E-state index in [0.717, 1.165) is 16.8 Å². The molecule has 6 nitrogen and oxygen atoms in total. The minimum Gasteiger partial charge on any atom is -0.481 e. The summed E-state index contributed by atoms with van der Waals surface area (Å²) >= 11 is 6.05. The highest BCUT2D eigenvalue weighted by atomic mass is 35.5. The van der Waals surface area contributed by atoms with Crippen LogP contribution in [-0.2, 0) is 27.3 Å². The van der Waals surface area contributed by atoms with Crippen LogP contribution in [0, 0.1) is 11.8 Å². The highest BCUT2D eigenvalue weighted by Crippen LogP contribution is 2.39. The largest absolute Gasteiger partial charge is 0.481 e. The number of anilines is 2. The molecule has 1 fully saturated rings. The van der Waals surface area contributed by atoms with Crippen molar-refractivity contribution in [3.63, 3.8) is 0 Å². The van der Waals surface area contributed by atoms with Crippen LogP contribution in [0.25, 0.3) is 0 Å². The lowest BCUT2D eigenvalue weighted by molar-refractivity contribution is -0.139. The molecule has 0 radical (unpaired) electrons. The van der Waals surface area contributed by atoms with E-state index >= 15 is 0 Å². The lowest BCUT2D eigenvalue weighted by Gasteiger charge is -2.18. The van der Waals surface area contributed by atoms with Gasteiger partial charge in [0, 0.05) is 16.4 Å². The first-order valence-corrected chi connectivity index (χ1v) is 9.01. The summed E-state index contributed by atoms with van der Waals surface area (Å²) in [6.45, 7) is 0.421. The summed E-state index contributed by atoms with van der Waals surface area (Å²) in [5.74, 6) is -2.20.